The molecule has 126 valence electrons. The minimum Gasteiger partial charge on any atom is -0.0620 e. The molecule has 0 bridgehead atoms. The van der Waals surface area contributed by atoms with Crippen LogP contribution in [-0.4, -0.2) is 0 Å². The number of rotatable bonds is 2. The molecule has 0 aliphatic heterocycles. The Morgan fingerprint density at radius 1 is 0.591 bits per heavy atom. The third kappa shape index (κ3) is 2.67. The highest BCUT2D eigenvalue weighted by atomic mass is 14.6. The fourth-order valence-corrected chi connectivity index (χ4v) is 7.61. The fourth-order valence-electron chi connectivity index (χ4n) is 7.61. The molecule has 0 aromatic rings. The Morgan fingerprint density at radius 3 is 2.00 bits per heavy atom. The highest BCUT2D eigenvalue weighted by Gasteiger charge is 2.51. The van der Waals surface area contributed by atoms with Gasteiger partial charge in [-0.2, -0.15) is 0 Å². The summed E-state index contributed by atoms with van der Waals surface area (Å²) in [6, 6.07) is 0. The molecule has 0 aromatic carbocycles. The lowest BCUT2D eigenvalue weighted by Gasteiger charge is -2.41. The van der Waals surface area contributed by atoms with Crippen molar-refractivity contribution in [2.45, 2.75) is 90.9 Å². The zero-order valence-corrected chi connectivity index (χ0v) is 15.1. The van der Waals surface area contributed by atoms with Gasteiger partial charge in [0.05, 0.1) is 0 Å². The molecular weight excluding hydrogens is 264 g/mol. The van der Waals surface area contributed by atoms with Crippen molar-refractivity contribution in [3.8, 4) is 0 Å². The summed E-state index contributed by atoms with van der Waals surface area (Å²) in [5.74, 6) is 8.73. The molecule has 4 fully saturated rings. The lowest BCUT2D eigenvalue weighted by molar-refractivity contribution is 0.0870. The van der Waals surface area contributed by atoms with Crippen molar-refractivity contribution in [1.29, 1.82) is 0 Å². The van der Waals surface area contributed by atoms with Crippen LogP contribution in [0.15, 0.2) is 0 Å². The summed E-state index contributed by atoms with van der Waals surface area (Å²) in [6.45, 7) is 5.27. The van der Waals surface area contributed by atoms with E-state index in [-0.39, 0.29) is 0 Å². The first-order chi connectivity index (χ1) is 10.8. The van der Waals surface area contributed by atoms with Crippen LogP contribution < -0.4 is 0 Å². The average molecular weight is 303 g/mol. The van der Waals surface area contributed by atoms with Crippen molar-refractivity contribution < 1.29 is 0 Å². The van der Waals surface area contributed by atoms with E-state index in [1.54, 1.807) is 51.4 Å². The predicted octanol–water partition coefficient (Wildman–Crippen LogP) is 6.69. The third-order valence-corrected chi connectivity index (χ3v) is 8.91. The largest absolute Gasteiger partial charge is 0.0620 e. The number of hydrogen-bond donors (Lipinski definition) is 0. The van der Waals surface area contributed by atoms with Gasteiger partial charge in [0.2, 0.25) is 0 Å². The first kappa shape index (κ1) is 15.5. The minimum atomic E-state index is 1.02. The van der Waals surface area contributed by atoms with Crippen LogP contribution in [0, 0.1) is 47.3 Å². The van der Waals surface area contributed by atoms with Crippen LogP contribution in [0.1, 0.15) is 90.9 Å². The second-order valence-electron chi connectivity index (χ2n) is 9.63. The van der Waals surface area contributed by atoms with Gasteiger partial charge < -0.3 is 0 Å². The Balaban J connectivity index is 1.42. The van der Waals surface area contributed by atoms with E-state index < -0.39 is 0 Å². The van der Waals surface area contributed by atoms with Crippen LogP contribution in [0.3, 0.4) is 0 Å². The second-order valence-corrected chi connectivity index (χ2v) is 9.63. The van der Waals surface area contributed by atoms with Crippen LogP contribution in [0.5, 0.6) is 0 Å². The van der Waals surface area contributed by atoms with Crippen molar-refractivity contribution in [3.63, 3.8) is 0 Å². The monoisotopic (exact) mass is 302 g/mol. The molecule has 4 aliphatic carbocycles. The van der Waals surface area contributed by atoms with Gasteiger partial charge in [-0.1, -0.05) is 58.8 Å². The summed E-state index contributed by atoms with van der Waals surface area (Å²) in [5.41, 5.74) is 0. The van der Waals surface area contributed by atoms with Crippen molar-refractivity contribution in [3.05, 3.63) is 0 Å². The first-order valence-electron chi connectivity index (χ1n) is 10.8. The standard InChI is InChI=1S/C22H38/c1-15(17-8-4-3-5-9-17)18-12-13-21-20-11-7-6-10-19(20)16(2)22(21)14-18/h15-22H,3-14H2,1-2H3. The van der Waals surface area contributed by atoms with E-state index in [0.717, 1.165) is 47.3 Å². The van der Waals surface area contributed by atoms with Gasteiger partial charge in [0, 0.05) is 0 Å². The highest BCUT2D eigenvalue weighted by molar-refractivity contribution is 5.00. The van der Waals surface area contributed by atoms with Crippen molar-refractivity contribution >= 4 is 0 Å². The van der Waals surface area contributed by atoms with E-state index >= 15 is 0 Å². The molecule has 4 rings (SSSR count). The molecule has 0 saturated heterocycles. The molecule has 0 heterocycles. The van der Waals surface area contributed by atoms with Gasteiger partial charge in [0.15, 0.2) is 0 Å². The smallest absolute Gasteiger partial charge is 0.0352 e. The van der Waals surface area contributed by atoms with E-state index in [9.17, 15) is 0 Å². The SMILES string of the molecule is CC(C1CCCCC1)C1CCC2C(C1)C(C)C1CCCCC12. The maximum absolute atomic E-state index is 2.64. The van der Waals surface area contributed by atoms with Crippen LogP contribution >= 0.6 is 0 Å². The number of fused-ring (bicyclic) bond motifs is 3. The fraction of sp³-hybridized carbons (Fsp3) is 1.00. The summed E-state index contributed by atoms with van der Waals surface area (Å²) in [5, 5.41) is 0. The van der Waals surface area contributed by atoms with Crippen molar-refractivity contribution in [2.75, 3.05) is 0 Å². The lowest BCUT2D eigenvalue weighted by Crippen LogP contribution is -2.32. The van der Waals surface area contributed by atoms with Crippen molar-refractivity contribution in [1.82, 2.24) is 0 Å². The molecule has 0 radical (unpaired) electrons. The second kappa shape index (κ2) is 6.48. The topological polar surface area (TPSA) is 0 Å². The van der Waals surface area contributed by atoms with E-state index in [1.807, 2.05) is 0 Å². The zero-order valence-electron chi connectivity index (χ0n) is 15.1. The highest BCUT2D eigenvalue weighted by Crippen LogP contribution is 2.59. The Hall–Kier alpha value is 0. The van der Waals surface area contributed by atoms with Gasteiger partial charge in [-0.25, -0.2) is 0 Å². The summed E-state index contributed by atoms with van der Waals surface area (Å²) in [4.78, 5) is 0. The van der Waals surface area contributed by atoms with Crippen LogP contribution in [0.25, 0.3) is 0 Å². The molecule has 7 atom stereocenters. The van der Waals surface area contributed by atoms with E-state index in [4.69, 9.17) is 0 Å². The lowest BCUT2D eigenvalue weighted by atomic mass is 9.64. The van der Waals surface area contributed by atoms with Gasteiger partial charge in [-0.15, -0.1) is 0 Å². The molecule has 7 unspecified atom stereocenters. The van der Waals surface area contributed by atoms with Gasteiger partial charge in [-0.3, -0.25) is 0 Å². The summed E-state index contributed by atoms with van der Waals surface area (Å²) < 4.78 is 0. The zero-order chi connectivity index (χ0) is 15.1. The molecule has 0 heteroatoms. The van der Waals surface area contributed by atoms with E-state index in [2.05, 4.69) is 13.8 Å². The van der Waals surface area contributed by atoms with E-state index in [1.165, 1.54) is 25.7 Å². The van der Waals surface area contributed by atoms with Crippen LogP contribution in [-0.2, 0) is 0 Å². The van der Waals surface area contributed by atoms with Gasteiger partial charge >= 0.3 is 0 Å². The molecule has 22 heavy (non-hydrogen) atoms. The first-order valence-corrected chi connectivity index (χ1v) is 10.8. The molecule has 0 aromatic heterocycles. The Labute approximate surface area is 138 Å². The average Bonchev–Trinajstić information content (AvgIpc) is 2.88. The third-order valence-electron chi connectivity index (χ3n) is 8.91. The van der Waals surface area contributed by atoms with Crippen LogP contribution in [0.2, 0.25) is 0 Å². The summed E-state index contributed by atoms with van der Waals surface area (Å²) in [7, 11) is 0. The predicted molar refractivity (Wildman–Crippen MR) is 94.7 cm³/mol. The summed E-state index contributed by atoms with van der Waals surface area (Å²) >= 11 is 0. The van der Waals surface area contributed by atoms with Crippen molar-refractivity contribution in [2.24, 2.45) is 47.3 Å². The quantitative estimate of drug-likeness (QED) is 0.533. The molecule has 0 amide bonds. The Morgan fingerprint density at radius 2 is 1.23 bits per heavy atom. The van der Waals surface area contributed by atoms with Gasteiger partial charge in [0.25, 0.3) is 0 Å². The molecule has 4 saturated carbocycles. The minimum absolute atomic E-state index is 1.02. The Kier molecular flexibility index (Phi) is 4.57. The molecule has 0 N–H and O–H groups in total. The molecule has 0 nitrogen and oxygen atoms in total. The molecule has 0 spiro atoms. The van der Waals surface area contributed by atoms with Crippen LogP contribution in [0.4, 0.5) is 0 Å². The van der Waals surface area contributed by atoms with Gasteiger partial charge in [0.1, 0.15) is 0 Å². The Bertz CT molecular complexity index is 366. The van der Waals surface area contributed by atoms with E-state index in [0.29, 0.717) is 0 Å². The molecule has 4 aliphatic rings. The maximum atomic E-state index is 2.64. The number of hydrogen-bond acceptors (Lipinski definition) is 0. The maximum Gasteiger partial charge on any atom is -0.0352 e. The summed E-state index contributed by atoms with van der Waals surface area (Å²) in [6.07, 6.45) is 18.7. The normalized spacial score (nSPS) is 47.7. The molecular formula is C22H38. The van der Waals surface area contributed by atoms with Gasteiger partial charge in [-0.05, 0) is 79.4 Å².